The van der Waals surface area contributed by atoms with E-state index in [2.05, 4.69) is 0 Å². The summed E-state index contributed by atoms with van der Waals surface area (Å²) in [5.41, 5.74) is -3.99. The van der Waals surface area contributed by atoms with Crippen molar-refractivity contribution in [2.24, 2.45) is 0 Å². The highest BCUT2D eigenvalue weighted by Gasteiger charge is 2.54. The summed E-state index contributed by atoms with van der Waals surface area (Å²) < 4.78 is 43.8. The first-order chi connectivity index (χ1) is 12.9. The number of fused-ring (bicyclic) bond motifs is 1. The van der Waals surface area contributed by atoms with E-state index in [1.54, 1.807) is 32.9 Å². The first-order valence-corrected chi connectivity index (χ1v) is 8.43. The van der Waals surface area contributed by atoms with E-state index in [1.807, 2.05) is 0 Å². The zero-order valence-corrected chi connectivity index (χ0v) is 15.4. The van der Waals surface area contributed by atoms with Gasteiger partial charge in [0.25, 0.3) is 5.91 Å². The van der Waals surface area contributed by atoms with Gasteiger partial charge in [0.2, 0.25) is 0 Å². The Morgan fingerprint density at radius 3 is 2.14 bits per heavy atom. The highest BCUT2D eigenvalue weighted by molar-refractivity contribution is 6.21. The number of anilines is 1. The van der Waals surface area contributed by atoms with Gasteiger partial charge in [-0.3, -0.25) is 4.79 Å². The zero-order valence-electron chi connectivity index (χ0n) is 15.4. The average Bonchev–Trinajstić information content (AvgIpc) is 2.82. The van der Waals surface area contributed by atoms with Crippen molar-refractivity contribution in [2.45, 2.75) is 38.1 Å². The molecule has 0 aromatic heterocycles. The molecule has 0 radical (unpaired) electrons. The van der Waals surface area contributed by atoms with Gasteiger partial charge >= 0.3 is 12.3 Å². The van der Waals surface area contributed by atoms with E-state index in [1.165, 1.54) is 12.1 Å². The van der Waals surface area contributed by atoms with Crippen molar-refractivity contribution < 1.29 is 32.6 Å². The molecule has 1 heterocycles. The van der Waals surface area contributed by atoms with Crippen LogP contribution in [-0.2, 0) is 21.3 Å². The largest absolute Gasteiger partial charge is 0.443 e. The number of benzene rings is 2. The molecule has 1 aliphatic rings. The molecule has 0 aliphatic carbocycles. The van der Waals surface area contributed by atoms with Crippen LogP contribution in [0.3, 0.4) is 0 Å². The van der Waals surface area contributed by atoms with E-state index in [0.717, 1.165) is 24.3 Å². The van der Waals surface area contributed by atoms with Gasteiger partial charge in [-0.1, -0.05) is 30.3 Å². The van der Waals surface area contributed by atoms with Crippen LogP contribution in [0, 0.1) is 0 Å². The van der Waals surface area contributed by atoms with Crippen LogP contribution in [0.2, 0.25) is 0 Å². The second-order valence-electron chi connectivity index (χ2n) is 7.42. The molecule has 1 N–H and O–H groups in total. The second kappa shape index (κ2) is 6.34. The summed E-state index contributed by atoms with van der Waals surface area (Å²) in [5, 5.41) is 11.2. The lowest BCUT2D eigenvalue weighted by Gasteiger charge is -2.25. The van der Waals surface area contributed by atoms with E-state index in [9.17, 15) is 27.9 Å². The molecule has 8 heteroatoms. The number of carbonyl (C=O) groups is 2. The molecule has 2 amide bonds. The van der Waals surface area contributed by atoms with Gasteiger partial charge < -0.3 is 9.84 Å². The van der Waals surface area contributed by atoms with Gasteiger partial charge in [-0.2, -0.15) is 13.2 Å². The first-order valence-electron chi connectivity index (χ1n) is 8.43. The summed E-state index contributed by atoms with van der Waals surface area (Å²) in [4.78, 5) is 26.3. The third kappa shape index (κ3) is 3.24. The molecule has 1 aliphatic heterocycles. The average molecular weight is 393 g/mol. The van der Waals surface area contributed by atoms with Crippen molar-refractivity contribution in [3.05, 3.63) is 65.2 Å². The van der Waals surface area contributed by atoms with Crippen LogP contribution in [0.1, 0.15) is 37.5 Å². The standard InChI is InChI=1S/C20H18F3NO4/c1-18(2,3)28-17(26)24-15-7-5-4-6-14(15)19(27,16(24)25)12-8-10-13(11-9-12)20(21,22)23/h4-11,27H,1-3H3/t19-/m1/s1. The molecule has 0 bridgehead atoms. The van der Waals surface area contributed by atoms with Crippen LogP contribution >= 0.6 is 0 Å². The first kappa shape index (κ1) is 19.9. The molecule has 0 saturated carbocycles. The van der Waals surface area contributed by atoms with Crippen molar-refractivity contribution in [1.82, 2.24) is 0 Å². The Balaban J connectivity index is 2.09. The molecule has 3 rings (SSSR count). The van der Waals surface area contributed by atoms with Crippen molar-refractivity contribution >= 4 is 17.7 Å². The third-order valence-corrected chi connectivity index (χ3v) is 4.25. The zero-order chi connectivity index (χ0) is 20.9. The van der Waals surface area contributed by atoms with Crippen LogP contribution in [-0.4, -0.2) is 22.7 Å². The van der Waals surface area contributed by atoms with Gasteiger partial charge in [0.1, 0.15) is 5.60 Å². The minimum absolute atomic E-state index is 0.0796. The quantitative estimate of drug-likeness (QED) is 0.788. The number of aliphatic hydroxyl groups is 1. The monoisotopic (exact) mass is 393 g/mol. The fourth-order valence-corrected chi connectivity index (χ4v) is 3.03. The Bertz CT molecular complexity index is 932. The molecule has 0 saturated heterocycles. The molecule has 2 aromatic rings. The summed E-state index contributed by atoms with van der Waals surface area (Å²) in [6.07, 6.45) is -5.53. The van der Waals surface area contributed by atoms with Crippen LogP contribution in [0.25, 0.3) is 0 Å². The number of amides is 2. The Hall–Kier alpha value is -2.87. The number of hydrogen-bond acceptors (Lipinski definition) is 4. The van der Waals surface area contributed by atoms with Crippen LogP contribution in [0.4, 0.5) is 23.7 Å². The SMILES string of the molecule is CC(C)(C)OC(=O)N1C(=O)[C@@](O)(c2ccc(C(F)(F)F)cc2)c2ccccc21. The molecule has 5 nitrogen and oxygen atoms in total. The summed E-state index contributed by atoms with van der Waals surface area (Å²) in [6, 6.07) is 9.63. The topological polar surface area (TPSA) is 66.8 Å². The van der Waals surface area contributed by atoms with Gasteiger partial charge in [-0.15, -0.1) is 0 Å². The fraction of sp³-hybridized carbons (Fsp3) is 0.300. The number of hydrogen-bond donors (Lipinski definition) is 1. The molecule has 0 unspecified atom stereocenters. The Morgan fingerprint density at radius 2 is 1.61 bits per heavy atom. The highest BCUT2D eigenvalue weighted by atomic mass is 19.4. The number of carbonyl (C=O) groups excluding carboxylic acids is 2. The molecule has 28 heavy (non-hydrogen) atoms. The number of nitrogens with zero attached hydrogens (tertiary/aromatic N) is 1. The number of para-hydroxylation sites is 1. The predicted molar refractivity (Wildman–Crippen MR) is 94.6 cm³/mol. The number of ether oxygens (including phenoxy) is 1. The van der Waals surface area contributed by atoms with Crippen molar-refractivity contribution in [3.8, 4) is 0 Å². The lowest BCUT2D eigenvalue weighted by atomic mass is 9.87. The van der Waals surface area contributed by atoms with Gasteiger partial charge in [0.05, 0.1) is 11.3 Å². The van der Waals surface area contributed by atoms with Gasteiger partial charge in [-0.25, -0.2) is 9.69 Å². The van der Waals surface area contributed by atoms with Gasteiger partial charge in [0, 0.05) is 5.56 Å². The highest BCUT2D eigenvalue weighted by Crippen LogP contribution is 2.45. The van der Waals surface area contributed by atoms with Crippen molar-refractivity contribution in [1.29, 1.82) is 0 Å². The van der Waals surface area contributed by atoms with Crippen LogP contribution in [0.15, 0.2) is 48.5 Å². The van der Waals surface area contributed by atoms with Crippen molar-refractivity contribution in [3.63, 3.8) is 0 Å². The van der Waals surface area contributed by atoms with Crippen molar-refractivity contribution in [2.75, 3.05) is 4.90 Å². The molecule has 148 valence electrons. The fourth-order valence-electron chi connectivity index (χ4n) is 3.03. The molecular weight excluding hydrogens is 375 g/mol. The number of imide groups is 1. The molecule has 0 spiro atoms. The number of alkyl halides is 3. The van der Waals surface area contributed by atoms with Crippen LogP contribution < -0.4 is 4.90 Å². The Morgan fingerprint density at radius 1 is 1.04 bits per heavy atom. The minimum atomic E-state index is -4.55. The second-order valence-corrected chi connectivity index (χ2v) is 7.42. The number of halogens is 3. The smallest absolute Gasteiger partial charge is 0.421 e. The maximum Gasteiger partial charge on any atom is 0.421 e. The van der Waals surface area contributed by atoms with Gasteiger partial charge in [-0.05, 0) is 44.5 Å². The third-order valence-electron chi connectivity index (χ3n) is 4.25. The molecular formula is C20H18F3NO4. The number of rotatable bonds is 1. The lowest BCUT2D eigenvalue weighted by Crippen LogP contribution is -2.45. The summed E-state index contributed by atoms with van der Waals surface area (Å²) >= 11 is 0. The van der Waals surface area contributed by atoms with Gasteiger partial charge in [0.15, 0.2) is 5.60 Å². The Kier molecular flexibility index (Phi) is 4.50. The Labute approximate surface area is 159 Å². The molecule has 1 atom stereocenters. The molecule has 0 fully saturated rings. The van der Waals surface area contributed by atoms with E-state index >= 15 is 0 Å². The normalized spacial score (nSPS) is 19.5. The minimum Gasteiger partial charge on any atom is -0.443 e. The predicted octanol–water partition coefficient (Wildman–Crippen LogP) is 4.22. The van der Waals surface area contributed by atoms with E-state index in [4.69, 9.17) is 4.74 Å². The summed E-state index contributed by atoms with van der Waals surface area (Å²) in [6.45, 7) is 4.87. The lowest BCUT2D eigenvalue weighted by molar-refractivity contribution is -0.137. The van der Waals surface area contributed by atoms with E-state index < -0.39 is 34.9 Å². The maximum absolute atomic E-state index is 13.0. The summed E-state index contributed by atoms with van der Waals surface area (Å²) in [5.74, 6) is -1.01. The van der Waals surface area contributed by atoms with E-state index in [0.29, 0.717) is 4.90 Å². The molecule has 2 aromatic carbocycles. The van der Waals surface area contributed by atoms with E-state index in [-0.39, 0.29) is 16.8 Å². The maximum atomic E-state index is 13.0. The summed E-state index contributed by atoms with van der Waals surface area (Å²) in [7, 11) is 0. The van der Waals surface area contributed by atoms with Crippen LogP contribution in [0.5, 0.6) is 0 Å².